The summed E-state index contributed by atoms with van der Waals surface area (Å²) in [5.74, 6) is 1.49. The number of likely N-dealkylation sites (N-methyl/N-ethyl adjacent to an activating group) is 1. The van der Waals surface area contributed by atoms with Crippen LogP contribution in [0.5, 0.6) is 17.2 Å². The lowest BCUT2D eigenvalue weighted by Gasteiger charge is -2.31. The Hall–Kier alpha value is -3.17. The molecule has 0 fully saturated rings. The third-order valence-electron chi connectivity index (χ3n) is 6.94. The van der Waals surface area contributed by atoms with Crippen molar-refractivity contribution in [2.24, 2.45) is 0 Å². The predicted octanol–water partition coefficient (Wildman–Crippen LogP) is 5.05. The lowest BCUT2D eigenvalue weighted by Crippen LogP contribution is -2.37. The zero-order valence-corrected chi connectivity index (χ0v) is 21.7. The van der Waals surface area contributed by atoms with E-state index in [-0.39, 0.29) is 12.1 Å². The number of benzene rings is 1. The number of hydrogen-bond acceptors (Lipinski definition) is 6. The van der Waals surface area contributed by atoms with Crippen LogP contribution in [-0.4, -0.2) is 55.3 Å². The summed E-state index contributed by atoms with van der Waals surface area (Å²) in [7, 11) is 6.86. The first-order valence-corrected chi connectivity index (χ1v) is 12.7. The van der Waals surface area contributed by atoms with Crippen LogP contribution >= 0.6 is 11.3 Å². The van der Waals surface area contributed by atoms with E-state index in [1.807, 2.05) is 16.2 Å². The number of rotatable bonds is 5. The number of amides is 2. The molecule has 0 bridgehead atoms. The van der Waals surface area contributed by atoms with Crippen LogP contribution < -0.4 is 19.5 Å². The molecule has 1 atom stereocenters. The average molecular weight is 497 g/mol. The molecule has 35 heavy (non-hydrogen) atoms. The maximum absolute atomic E-state index is 13.8. The molecule has 0 spiro atoms. The number of carbonyl (C=O) groups excluding carboxylic acids is 1. The highest BCUT2D eigenvalue weighted by Gasteiger charge is 2.35. The molecule has 0 saturated carbocycles. The van der Waals surface area contributed by atoms with Crippen molar-refractivity contribution in [2.45, 2.75) is 38.9 Å². The van der Waals surface area contributed by atoms with Crippen LogP contribution in [0.4, 0.5) is 10.5 Å². The van der Waals surface area contributed by atoms with Crippen LogP contribution in [0.1, 0.15) is 41.1 Å². The average Bonchev–Trinajstić information content (AvgIpc) is 3.44. The largest absolute Gasteiger partial charge is 0.493 e. The van der Waals surface area contributed by atoms with Gasteiger partial charge >= 0.3 is 6.03 Å². The molecule has 2 amide bonds. The van der Waals surface area contributed by atoms with Crippen LogP contribution in [0.3, 0.4) is 0 Å². The van der Waals surface area contributed by atoms with Gasteiger partial charge in [-0.2, -0.15) is 0 Å². The number of anilines is 1. The van der Waals surface area contributed by atoms with Gasteiger partial charge in [0.1, 0.15) is 5.00 Å². The quantitative estimate of drug-likeness (QED) is 0.535. The van der Waals surface area contributed by atoms with Crippen molar-refractivity contribution in [3.05, 3.63) is 52.2 Å². The lowest BCUT2D eigenvalue weighted by molar-refractivity contribution is 0.181. The Bertz CT molecular complexity index is 1230. The highest BCUT2D eigenvalue weighted by atomic mass is 32.1. The van der Waals surface area contributed by atoms with Crippen molar-refractivity contribution in [1.82, 2.24) is 14.4 Å². The van der Waals surface area contributed by atoms with Crippen LogP contribution in [0.15, 0.2) is 30.5 Å². The van der Waals surface area contributed by atoms with Gasteiger partial charge in [0.25, 0.3) is 0 Å². The highest BCUT2D eigenvalue weighted by Crippen LogP contribution is 2.43. The van der Waals surface area contributed by atoms with E-state index in [1.54, 1.807) is 33.5 Å². The minimum absolute atomic E-state index is 0.0476. The van der Waals surface area contributed by atoms with Crippen molar-refractivity contribution >= 4 is 23.1 Å². The van der Waals surface area contributed by atoms with Gasteiger partial charge in [0.2, 0.25) is 5.75 Å². The molecule has 186 valence electrons. The molecule has 0 aliphatic carbocycles. The summed E-state index contributed by atoms with van der Waals surface area (Å²) in [5.41, 5.74) is 4.41. The molecule has 0 unspecified atom stereocenters. The Kier molecular flexibility index (Phi) is 6.37. The molecule has 2 aliphatic heterocycles. The molecular formula is C26H32N4O4S. The van der Waals surface area contributed by atoms with E-state index in [0.29, 0.717) is 29.5 Å². The number of ether oxygens (including phenoxy) is 3. The number of nitrogens with one attached hydrogen (secondary N) is 1. The summed E-state index contributed by atoms with van der Waals surface area (Å²) in [4.78, 5) is 19.5. The molecule has 2 aliphatic rings. The summed E-state index contributed by atoms with van der Waals surface area (Å²) in [6.45, 7) is 4.69. The van der Waals surface area contributed by atoms with Gasteiger partial charge in [-0.25, -0.2) is 4.79 Å². The lowest BCUT2D eigenvalue weighted by atomic mass is 10.0. The van der Waals surface area contributed by atoms with E-state index in [4.69, 9.17) is 14.2 Å². The minimum Gasteiger partial charge on any atom is -0.493 e. The monoisotopic (exact) mass is 496 g/mol. The van der Waals surface area contributed by atoms with Crippen LogP contribution in [0, 0.1) is 0 Å². The second-order valence-electron chi connectivity index (χ2n) is 8.97. The Balaban J connectivity index is 1.53. The number of carbonyl (C=O) groups is 1. The fourth-order valence-corrected chi connectivity index (χ4v) is 6.66. The third-order valence-corrected chi connectivity index (χ3v) is 8.20. The zero-order chi connectivity index (χ0) is 24.7. The van der Waals surface area contributed by atoms with Gasteiger partial charge in [-0.1, -0.05) is 6.92 Å². The zero-order valence-electron chi connectivity index (χ0n) is 20.9. The van der Waals surface area contributed by atoms with Gasteiger partial charge in [-0.05, 0) is 37.6 Å². The first-order chi connectivity index (χ1) is 17.0. The van der Waals surface area contributed by atoms with Crippen molar-refractivity contribution < 1.29 is 19.0 Å². The van der Waals surface area contributed by atoms with Gasteiger partial charge in [-0.15, -0.1) is 11.3 Å². The molecule has 4 heterocycles. The van der Waals surface area contributed by atoms with Gasteiger partial charge in [-0.3, -0.25) is 0 Å². The Morgan fingerprint density at radius 2 is 1.86 bits per heavy atom. The van der Waals surface area contributed by atoms with Gasteiger partial charge in [0.05, 0.1) is 39.6 Å². The van der Waals surface area contributed by atoms with Crippen LogP contribution in [-0.2, 0) is 19.5 Å². The topological polar surface area (TPSA) is 68.2 Å². The molecule has 0 saturated heterocycles. The Morgan fingerprint density at radius 1 is 1.11 bits per heavy atom. The maximum atomic E-state index is 13.8. The second-order valence-corrected chi connectivity index (χ2v) is 10.1. The minimum atomic E-state index is -0.153. The van der Waals surface area contributed by atoms with Crippen molar-refractivity contribution in [1.29, 1.82) is 0 Å². The van der Waals surface area contributed by atoms with E-state index in [9.17, 15) is 4.79 Å². The fourth-order valence-electron chi connectivity index (χ4n) is 5.22. The van der Waals surface area contributed by atoms with Gasteiger partial charge in [0.15, 0.2) is 11.5 Å². The number of thiophene rings is 1. The molecule has 1 N–H and O–H groups in total. The Morgan fingerprint density at radius 3 is 2.51 bits per heavy atom. The van der Waals surface area contributed by atoms with E-state index in [1.165, 1.54) is 21.0 Å². The Labute approximate surface area is 210 Å². The molecule has 5 rings (SSSR count). The number of methoxy groups -OCH3 is 3. The smallest absolute Gasteiger partial charge is 0.322 e. The molecule has 9 heteroatoms. The van der Waals surface area contributed by atoms with Crippen LogP contribution in [0.2, 0.25) is 0 Å². The van der Waals surface area contributed by atoms with E-state index < -0.39 is 0 Å². The van der Waals surface area contributed by atoms with Gasteiger partial charge < -0.3 is 33.9 Å². The number of fused-ring (bicyclic) bond motifs is 5. The van der Waals surface area contributed by atoms with E-state index in [0.717, 1.165) is 31.6 Å². The van der Waals surface area contributed by atoms with E-state index >= 15 is 0 Å². The SMILES string of the molecule is CC[C@@H]1c2cccn2-c2sc3c(c2CN1C(=O)Nc1cc(OC)c(OC)c(OC)c1)CCN(C)C3. The summed E-state index contributed by atoms with van der Waals surface area (Å²) in [5, 5.41) is 4.34. The summed E-state index contributed by atoms with van der Waals surface area (Å²) < 4.78 is 18.7. The first-order valence-electron chi connectivity index (χ1n) is 11.9. The van der Waals surface area contributed by atoms with Gasteiger partial charge in [0, 0.05) is 47.6 Å². The highest BCUT2D eigenvalue weighted by molar-refractivity contribution is 7.15. The molecule has 3 aromatic rings. The maximum Gasteiger partial charge on any atom is 0.322 e. The first kappa shape index (κ1) is 23.6. The molecular weight excluding hydrogens is 464 g/mol. The second kappa shape index (κ2) is 9.47. The molecule has 0 radical (unpaired) electrons. The normalized spacial score (nSPS) is 17.2. The van der Waals surface area contributed by atoms with Crippen molar-refractivity contribution in [3.8, 4) is 22.2 Å². The van der Waals surface area contributed by atoms with Crippen molar-refractivity contribution in [2.75, 3.05) is 40.2 Å². The standard InChI is InChI=1S/C26H32N4O4S/c1-6-19-20-8-7-10-29(20)25-18(17-9-11-28(2)15-23(17)35-25)14-30(19)26(31)27-16-12-21(32-3)24(34-5)22(13-16)33-4/h7-8,10,12-13,19H,6,9,11,14-15H2,1-5H3,(H,27,31)/t19-/m1/s1. The predicted molar refractivity (Wildman–Crippen MR) is 137 cm³/mol. The molecule has 8 nitrogen and oxygen atoms in total. The third kappa shape index (κ3) is 4.02. The fraction of sp³-hybridized carbons (Fsp3) is 0.423. The summed E-state index contributed by atoms with van der Waals surface area (Å²) >= 11 is 1.86. The van der Waals surface area contributed by atoms with Crippen LogP contribution in [0.25, 0.3) is 5.00 Å². The molecule has 1 aromatic carbocycles. The number of urea groups is 1. The summed E-state index contributed by atoms with van der Waals surface area (Å²) in [6.07, 6.45) is 3.95. The number of aromatic nitrogens is 1. The van der Waals surface area contributed by atoms with Crippen molar-refractivity contribution in [3.63, 3.8) is 0 Å². The van der Waals surface area contributed by atoms with E-state index in [2.05, 4.69) is 47.1 Å². The number of nitrogens with zero attached hydrogens (tertiary/aromatic N) is 3. The number of hydrogen-bond donors (Lipinski definition) is 1. The molecule has 2 aromatic heterocycles. The summed E-state index contributed by atoms with van der Waals surface area (Å²) in [6, 6.07) is 7.53.